The number of amides is 2. The third kappa shape index (κ3) is 5.15. The fraction of sp³-hybridized carbons (Fsp3) is 0.231. The molecule has 0 fully saturated rings. The van der Waals surface area contributed by atoms with Crippen molar-refractivity contribution in [3.05, 3.63) is 101 Å². The number of nitrogens with one attached hydrogen (secondary N) is 1. The van der Waals surface area contributed by atoms with Crippen LogP contribution in [-0.2, 0) is 35.5 Å². The summed E-state index contributed by atoms with van der Waals surface area (Å²) in [4.78, 5) is 26.5. The largest absolute Gasteiger partial charge is 0.334 e. The molecule has 4 rings (SSSR count). The lowest BCUT2D eigenvalue weighted by molar-refractivity contribution is -0.132. The first-order valence-corrected chi connectivity index (χ1v) is 10.4. The van der Waals surface area contributed by atoms with Crippen LogP contribution in [0.2, 0.25) is 0 Å². The van der Waals surface area contributed by atoms with Crippen molar-refractivity contribution in [2.45, 2.75) is 38.8 Å². The quantitative estimate of drug-likeness (QED) is 0.596. The molecule has 0 unspecified atom stereocenters. The van der Waals surface area contributed by atoms with Crippen molar-refractivity contribution in [2.24, 2.45) is 0 Å². The summed E-state index contributed by atoms with van der Waals surface area (Å²) < 4.78 is 0. The van der Waals surface area contributed by atoms with Crippen molar-refractivity contribution in [2.75, 3.05) is 5.32 Å². The molecule has 0 aromatic heterocycles. The molecular weight excluding hydrogens is 372 g/mol. The van der Waals surface area contributed by atoms with Crippen LogP contribution in [0.15, 0.2) is 78.9 Å². The Labute approximate surface area is 177 Å². The predicted molar refractivity (Wildman–Crippen MR) is 119 cm³/mol. The predicted octanol–water partition coefficient (Wildman–Crippen LogP) is 4.73. The van der Waals surface area contributed by atoms with Gasteiger partial charge in [-0.2, -0.15) is 0 Å². The van der Waals surface area contributed by atoms with Crippen LogP contribution in [0, 0.1) is 0 Å². The Morgan fingerprint density at radius 3 is 2.10 bits per heavy atom. The van der Waals surface area contributed by atoms with Gasteiger partial charge >= 0.3 is 0 Å². The first-order valence-electron chi connectivity index (χ1n) is 10.4. The van der Waals surface area contributed by atoms with E-state index in [1.807, 2.05) is 53.4 Å². The van der Waals surface area contributed by atoms with E-state index in [-0.39, 0.29) is 11.8 Å². The molecule has 30 heavy (non-hydrogen) atoms. The van der Waals surface area contributed by atoms with Crippen LogP contribution < -0.4 is 5.32 Å². The normalized spacial score (nSPS) is 12.3. The van der Waals surface area contributed by atoms with Crippen LogP contribution in [0.1, 0.15) is 35.1 Å². The Hall–Kier alpha value is -3.40. The van der Waals surface area contributed by atoms with E-state index in [0.29, 0.717) is 25.9 Å². The summed E-state index contributed by atoms with van der Waals surface area (Å²) in [6, 6.07) is 26.4. The number of aryl methyl sites for hydroxylation is 1. The second-order valence-corrected chi connectivity index (χ2v) is 7.79. The number of anilines is 1. The van der Waals surface area contributed by atoms with Crippen LogP contribution in [0.3, 0.4) is 0 Å². The van der Waals surface area contributed by atoms with E-state index in [2.05, 4.69) is 35.6 Å². The second kappa shape index (κ2) is 9.40. The Morgan fingerprint density at radius 1 is 0.833 bits per heavy atom. The molecule has 2 amide bonds. The van der Waals surface area contributed by atoms with E-state index in [0.717, 1.165) is 35.2 Å². The zero-order chi connectivity index (χ0) is 20.8. The highest BCUT2D eigenvalue weighted by atomic mass is 16.2. The van der Waals surface area contributed by atoms with Gasteiger partial charge in [0.2, 0.25) is 11.8 Å². The van der Waals surface area contributed by atoms with E-state index < -0.39 is 0 Å². The van der Waals surface area contributed by atoms with Crippen LogP contribution in [0.25, 0.3) is 0 Å². The highest BCUT2D eigenvalue weighted by Crippen LogP contribution is 2.24. The molecule has 1 aliphatic rings. The van der Waals surface area contributed by atoms with Gasteiger partial charge in [-0.1, -0.05) is 72.8 Å². The zero-order valence-electron chi connectivity index (χ0n) is 17.0. The maximum absolute atomic E-state index is 13.0. The van der Waals surface area contributed by atoms with Gasteiger partial charge in [0.15, 0.2) is 0 Å². The van der Waals surface area contributed by atoms with E-state index in [1.165, 1.54) is 5.56 Å². The van der Waals surface area contributed by atoms with Crippen LogP contribution in [0.4, 0.5) is 5.69 Å². The zero-order valence-corrected chi connectivity index (χ0v) is 17.0. The van der Waals surface area contributed by atoms with Gasteiger partial charge in [0.25, 0.3) is 0 Å². The molecule has 1 N–H and O–H groups in total. The van der Waals surface area contributed by atoms with Crippen molar-refractivity contribution in [1.82, 2.24) is 4.90 Å². The van der Waals surface area contributed by atoms with Crippen molar-refractivity contribution >= 4 is 17.5 Å². The van der Waals surface area contributed by atoms with Crippen molar-refractivity contribution in [1.29, 1.82) is 0 Å². The molecule has 152 valence electrons. The molecular formula is C26H26N2O2. The summed E-state index contributed by atoms with van der Waals surface area (Å²) in [6.45, 7) is 1.22. The molecule has 0 bridgehead atoms. The number of rotatable bonds is 8. The van der Waals surface area contributed by atoms with Crippen molar-refractivity contribution in [3.63, 3.8) is 0 Å². The van der Waals surface area contributed by atoms with Gasteiger partial charge in [0, 0.05) is 25.2 Å². The highest BCUT2D eigenvalue weighted by Gasteiger charge is 2.18. The summed E-state index contributed by atoms with van der Waals surface area (Å²) in [5.74, 6) is 0.218. The van der Waals surface area contributed by atoms with Crippen molar-refractivity contribution in [3.8, 4) is 0 Å². The van der Waals surface area contributed by atoms with Crippen LogP contribution in [-0.4, -0.2) is 16.7 Å². The van der Waals surface area contributed by atoms with Crippen LogP contribution in [0.5, 0.6) is 0 Å². The summed E-state index contributed by atoms with van der Waals surface area (Å²) in [7, 11) is 0. The number of nitrogens with zero attached hydrogens (tertiary/aromatic N) is 1. The molecule has 0 radical (unpaired) electrons. The smallest absolute Gasteiger partial charge is 0.228 e. The molecule has 1 heterocycles. The molecule has 0 atom stereocenters. The molecule has 0 aliphatic carbocycles. The minimum atomic E-state index is 0.0507. The standard InChI is InChI=1S/C26H26N2O2/c29-25-17-23-16-20(14-15-24(23)27-25)12-7-13-26(30)28(18-21-8-3-1-4-9-21)19-22-10-5-2-6-11-22/h1-6,8-11,14-16H,7,12-13,17-19H2,(H,27,29). The molecule has 4 heteroatoms. The van der Waals surface area contributed by atoms with Gasteiger partial charge in [-0.15, -0.1) is 0 Å². The summed E-state index contributed by atoms with van der Waals surface area (Å²) >= 11 is 0. The average molecular weight is 399 g/mol. The summed E-state index contributed by atoms with van der Waals surface area (Å²) in [5, 5.41) is 2.86. The van der Waals surface area contributed by atoms with E-state index in [1.54, 1.807) is 0 Å². The Bertz CT molecular complexity index is 974. The van der Waals surface area contributed by atoms with Crippen molar-refractivity contribution < 1.29 is 9.59 Å². The lowest BCUT2D eigenvalue weighted by atomic mass is 10.0. The Morgan fingerprint density at radius 2 is 1.47 bits per heavy atom. The summed E-state index contributed by atoms with van der Waals surface area (Å²) in [6.07, 6.45) is 2.58. The maximum atomic E-state index is 13.0. The van der Waals surface area contributed by atoms with Gasteiger partial charge < -0.3 is 10.2 Å². The molecule has 3 aromatic rings. The average Bonchev–Trinajstić information content (AvgIpc) is 3.14. The molecule has 0 spiro atoms. The minimum absolute atomic E-state index is 0.0507. The lowest BCUT2D eigenvalue weighted by Gasteiger charge is -2.23. The lowest BCUT2D eigenvalue weighted by Crippen LogP contribution is -2.30. The molecule has 0 saturated carbocycles. The van der Waals surface area contributed by atoms with Gasteiger partial charge in [-0.25, -0.2) is 0 Å². The maximum Gasteiger partial charge on any atom is 0.228 e. The number of hydrogen-bond acceptors (Lipinski definition) is 2. The topological polar surface area (TPSA) is 49.4 Å². The van der Waals surface area contributed by atoms with Gasteiger partial charge in [-0.05, 0) is 41.2 Å². The fourth-order valence-electron chi connectivity index (χ4n) is 3.88. The SMILES string of the molecule is O=C1Cc2cc(CCCC(=O)N(Cc3ccccc3)Cc3ccccc3)ccc2N1. The number of carbonyl (C=O) groups is 2. The number of benzene rings is 3. The van der Waals surface area contributed by atoms with E-state index in [9.17, 15) is 9.59 Å². The molecule has 3 aromatic carbocycles. The van der Waals surface area contributed by atoms with Gasteiger partial charge in [0.05, 0.1) is 6.42 Å². The van der Waals surface area contributed by atoms with E-state index >= 15 is 0 Å². The monoisotopic (exact) mass is 398 g/mol. The highest BCUT2D eigenvalue weighted by molar-refractivity contribution is 5.99. The van der Waals surface area contributed by atoms with Crippen LogP contribution >= 0.6 is 0 Å². The van der Waals surface area contributed by atoms with E-state index in [4.69, 9.17) is 0 Å². The minimum Gasteiger partial charge on any atom is -0.334 e. The Kier molecular flexibility index (Phi) is 6.23. The second-order valence-electron chi connectivity index (χ2n) is 7.79. The number of hydrogen-bond donors (Lipinski definition) is 1. The first-order chi connectivity index (χ1) is 14.7. The number of carbonyl (C=O) groups excluding carboxylic acids is 2. The third-order valence-corrected chi connectivity index (χ3v) is 5.44. The summed E-state index contributed by atoms with van der Waals surface area (Å²) in [5.41, 5.74) is 5.42. The first kappa shape index (κ1) is 19.9. The Balaban J connectivity index is 1.37. The molecule has 0 saturated heterocycles. The van der Waals surface area contributed by atoms with Gasteiger partial charge in [0.1, 0.15) is 0 Å². The van der Waals surface area contributed by atoms with Gasteiger partial charge in [-0.3, -0.25) is 9.59 Å². The molecule has 4 nitrogen and oxygen atoms in total. The fourth-order valence-corrected chi connectivity index (χ4v) is 3.88. The molecule has 1 aliphatic heterocycles. The number of fused-ring (bicyclic) bond motifs is 1. The third-order valence-electron chi connectivity index (χ3n) is 5.44.